The maximum Gasteiger partial charge on any atom is 0.418 e. The highest BCUT2D eigenvalue weighted by Crippen LogP contribution is 2.52. The predicted octanol–water partition coefficient (Wildman–Crippen LogP) is 4.51. The minimum atomic E-state index is -4.87. The number of nitrogens with one attached hydrogen (secondary N) is 1. The third kappa shape index (κ3) is 4.15. The van der Waals surface area contributed by atoms with Crippen molar-refractivity contribution < 1.29 is 31.8 Å². The molecule has 3 N–H and O–H groups in total. The van der Waals surface area contributed by atoms with Gasteiger partial charge in [-0.2, -0.15) is 23.1 Å². The van der Waals surface area contributed by atoms with Crippen LogP contribution in [-0.4, -0.2) is 66.6 Å². The third-order valence-electron chi connectivity index (χ3n) is 8.65. The number of nitrogen functional groups attached to an aromatic ring is 1. The molecule has 41 heavy (non-hydrogen) atoms. The Morgan fingerprint density at radius 1 is 1.27 bits per heavy atom. The highest BCUT2D eigenvalue weighted by atomic mass is 35.5. The number of nitrogens with two attached hydrogens (primary N) is 1. The summed E-state index contributed by atoms with van der Waals surface area (Å²) in [6, 6.07) is 0.814. The molecule has 14 heteroatoms. The molecule has 2 atom stereocenters. The quantitative estimate of drug-likeness (QED) is 0.422. The predicted molar refractivity (Wildman–Crippen MR) is 143 cm³/mol. The van der Waals surface area contributed by atoms with Crippen LogP contribution in [0.5, 0.6) is 11.8 Å². The maximum atomic E-state index is 16.6. The summed E-state index contributed by atoms with van der Waals surface area (Å²) in [6.07, 6.45) is -2.70. The van der Waals surface area contributed by atoms with Gasteiger partial charge in [0, 0.05) is 19.0 Å². The van der Waals surface area contributed by atoms with E-state index in [0.29, 0.717) is 31.9 Å². The van der Waals surface area contributed by atoms with Gasteiger partial charge in [0.25, 0.3) is 0 Å². The van der Waals surface area contributed by atoms with Gasteiger partial charge in [-0.05, 0) is 44.4 Å². The van der Waals surface area contributed by atoms with Gasteiger partial charge in [-0.1, -0.05) is 11.6 Å². The number of fused-ring (bicyclic) bond motifs is 2. The number of likely N-dealkylation sites (N-methyl/N-ethyl adjacent to an activating group) is 1. The standard InChI is InChI=1S/C27H27ClF4N6O3/c1-11-5-15(33)35-21(18(11)27(30,31)32)16-19(28)23-17-22(20(16)29)36-25(40-10-26-6-12(7-26)39-9-26)37-24(17)38(2)13-3-4-34-8-14(13)41-23/h5,12-14,34H,3-4,6-10H2,1-2H3,(H2,33,35). The van der Waals surface area contributed by atoms with Crippen molar-refractivity contribution in [3.63, 3.8) is 0 Å². The number of aromatic nitrogens is 3. The van der Waals surface area contributed by atoms with Crippen LogP contribution in [0.25, 0.3) is 22.2 Å². The molecule has 9 nitrogen and oxygen atoms in total. The van der Waals surface area contributed by atoms with Gasteiger partial charge < -0.3 is 30.2 Å². The highest BCUT2D eigenvalue weighted by molar-refractivity contribution is 6.36. The van der Waals surface area contributed by atoms with Gasteiger partial charge in [0.05, 0.1) is 52.6 Å². The lowest BCUT2D eigenvalue weighted by molar-refractivity contribution is -0.137. The molecule has 8 rings (SSSR count). The van der Waals surface area contributed by atoms with Crippen LogP contribution in [0.4, 0.5) is 29.2 Å². The van der Waals surface area contributed by atoms with Gasteiger partial charge in [0.1, 0.15) is 23.3 Å². The molecule has 0 amide bonds. The largest absolute Gasteiger partial charge is 0.484 e. The second-order valence-electron chi connectivity index (χ2n) is 11.4. The molecule has 6 heterocycles. The first kappa shape index (κ1) is 26.7. The minimum Gasteiger partial charge on any atom is -0.484 e. The molecule has 1 saturated carbocycles. The van der Waals surface area contributed by atoms with Crippen LogP contribution in [0.2, 0.25) is 5.02 Å². The number of aryl methyl sites for hydroxylation is 1. The molecule has 5 aliphatic rings. The minimum absolute atomic E-state index is 0.0118. The van der Waals surface area contributed by atoms with E-state index in [-0.39, 0.29) is 63.2 Å². The number of alkyl halides is 3. The topological polar surface area (TPSA) is 108 Å². The first-order valence-electron chi connectivity index (χ1n) is 13.4. The van der Waals surface area contributed by atoms with Crippen LogP contribution in [0.1, 0.15) is 30.4 Å². The zero-order valence-electron chi connectivity index (χ0n) is 22.2. The number of nitrogens with zero attached hydrogens (tertiary/aromatic N) is 4. The van der Waals surface area contributed by atoms with E-state index >= 15 is 4.39 Å². The number of hydrogen-bond donors (Lipinski definition) is 2. The lowest BCUT2D eigenvalue weighted by Crippen LogP contribution is -2.53. The molecule has 1 aromatic carbocycles. The van der Waals surface area contributed by atoms with Crippen molar-refractivity contribution in [1.82, 2.24) is 20.3 Å². The second-order valence-corrected chi connectivity index (χ2v) is 11.8. The third-order valence-corrected chi connectivity index (χ3v) is 9.01. The molecular formula is C27H27ClF4N6O3. The molecule has 3 saturated heterocycles. The molecule has 2 aromatic heterocycles. The van der Waals surface area contributed by atoms with E-state index in [1.54, 1.807) is 0 Å². The van der Waals surface area contributed by atoms with Gasteiger partial charge in [0.15, 0.2) is 11.6 Å². The van der Waals surface area contributed by atoms with Crippen molar-refractivity contribution in [3.8, 4) is 23.0 Å². The fourth-order valence-corrected chi connectivity index (χ4v) is 6.92. The smallest absolute Gasteiger partial charge is 0.418 e. The summed E-state index contributed by atoms with van der Waals surface area (Å²) in [4.78, 5) is 14.8. The summed E-state index contributed by atoms with van der Waals surface area (Å²) in [5.41, 5.74) is 2.73. The van der Waals surface area contributed by atoms with E-state index in [2.05, 4.69) is 20.3 Å². The van der Waals surface area contributed by atoms with Gasteiger partial charge in [0.2, 0.25) is 0 Å². The zero-order chi connectivity index (χ0) is 28.8. The number of pyridine rings is 1. The van der Waals surface area contributed by atoms with E-state index in [1.165, 1.54) is 6.92 Å². The van der Waals surface area contributed by atoms with Crippen molar-refractivity contribution in [2.75, 3.05) is 44.0 Å². The van der Waals surface area contributed by atoms with Crippen molar-refractivity contribution in [2.45, 2.75) is 50.6 Å². The van der Waals surface area contributed by atoms with E-state index < -0.39 is 34.9 Å². The molecule has 1 aliphatic carbocycles. The Kier molecular flexibility index (Phi) is 5.98. The first-order valence-corrected chi connectivity index (χ1v) is 13.8. The molecule has 2 bridgehead atoms. The van der Waals surface area contributed by atoms with Gasteiger partial charge in [-0.3, -0.25) is 0 Å². The summed E-state index contributed by atoms with van der Waals surface area (Å²) >= 11 is 6.77. The number of hydrogen-bond acceptors (Lipinski definition) is 9. The Morgan fingerprint density at radius 3 is 2.76 bits per heavy atom. The summed E-state index contributed by atoms with van der Waals surface area (Å²) in [6.45, 7) is 3.22. The van der Waals surface area contributed by atoms with Crippen LogP contribution in [0.15, 0.2) is 6.07 Å². The van der Waals surface area contributed by atoms with Crippen molar-refractivity contribution in [3.05, 3.63) is 28.0 Å². The van der Waals surface area contributed by atoms with Crippen LogP contribution >= 0.6 is 11.6 Å². The summed E-state index contributed by atoms with van der Waals surface area (Å²) in [7, 11) is 1.82. The number of rotatable bonds is 4. The lowest BCUT2D eigenvalue weighted by atomic mass is 9.71. The first-order chi connectivity index (χ1) is 19.5. The Balaban J connectivity index is 1.47. The fourth-order valence-electron chi connectivity index (χ4n) is 6.61. The number of piperidine rings is 1. The molecule has 0 radical (unpaired) electrons. The van der Waals surface area contributed by atoms with Crippen molar-refractivity contribution in [2.24, 2.45) is 5.41 Å². The van der Waals surface area contributed by atoms with Crippen molar-refractivity contribution >= 4 is 34.1 Å². The normalized spacial score (nSPS) is 26.8. The Morgan fingerprint density at radius 2 is 2.05 bits per heavy atom. The summed E-state index contributed by atoms with van der Waals surface area (Å²) in [5, 5.41) is 3.06. The Bertz CT molecular complexity index is 1580. The van der Waals surface area contributed by atoms with E-state index in [0.717, 1.165) is 18.9 Å². The number of halogens is 5. The number of anilines is 2. The SMILES string of the molecule is Cc1cc(N)nc(-c2c(Cl)c3c4c(nc(OCC56COC(C5)C6)nc4c2F)N(C)C2CCNCC2O3)c1C(F)(F)F. The number of benzene rings is 1. The molecule has 2 unspecified atom stereocenters. The van der Waals surface area contributed by atoms with Crippen molar-refractivity contribution in [1.29, 1.82) is 0 Å². The molecule has 4 fully saturated rings. The monoisotopic (exact) mass is 594 g/mol. The average Bonchev–Trinajstić information content (AvgIpc) is 3.46. The van der Waals surface area contributed by atoms with Gasteiger partial charge >= 0.3 is 12.2 Å². The maximum absolute atomic E-state index is 16.6. The van der Waals surface area contributed by atoms with Crippen LogP contribution in [0.3, 0.4) is 0 Å². The molecular weight excluding hydrogens is 568 g/mol. The van der Waals surface area contributed by atoms with Crippen LogP contribution < -0.4 is 25.4 Å². The van der Waals surface area contributed by atoms with E-state index in [1.807, 2.05) is 11.9 Å². The van der Waals surface area contributed by atoms with E-state index in [4.69, 9.17) is 31.5 Å². The Labute approximate surface area is 237 Å². The van der Waals surface area contributed by atoms with Gasteiger partial charge in [-0.25, -0.2) is 9.37 Å². The summed E-state index contributed by atoms with van der Waals surface area (Å²) < 4.78 is 77.6. The average molecular weight is 595 g/mol. The summed E-state index contributed by atoms with van der Waals surface area (Å²) in [5.74, 6) is -1.01. The van der Waals surface area contributed by atoms with E-state index in [9.17, 15) is 13.2 Å². The molecule has 218 valence electrons. The molecule has 4 aliphatic heterocycles. The van der Waals surface area contributed by atoms with Crippen LogP contribution in [-0.2, 0) is 10.9 Å². The van der Waals surface area contributed by atoms with Gasteiger partial charge in [-0.15, -0.1) is 0 Å². The highest BCUT2D eigenvalue weighted by Gasteiger charge is 2.52. The molecule has 3 aromatic rings. The zero-order valence-corrected chi connectivity index (χ0v) is 23.0. The molecule has 0 spiro atoms. The second kappa shape index (κ2) is 9.17. The number of ether oxygens (including phenoxy) is 3. The fraction of sp³-hybridized carbons (Fsp3) is 0.519. The van der Waals surface area contributed by atoms with Crippen LogP contribution in [0, 0.1) is 18.2 Å². The lowest BCUT2D eigenvalue weighted by Gasteiger charge is -2.36. The Hall–Kier alpha value is -3.16.